The second kappa shape index (κ2) is 7.92. The second-order valence-corrected chi connectivity index (χ2v) is 5.97. The Balaban J connectivity index is 1.69. The first-order valence-corrected chi connectivity index (χ1v) is 8.09. The summed E-state index contributed by atoms with van der Waals surface area (Å²) in [6.07, 6.45) is 4.87. The van der Waals surface area contributed by atoms with E-state index in [1.54, 1.807) is 30.6 Å². The zero-order valence-electron chi connectivity index (χ0n) is 12.9. The highest BCUT2D eigenvalue weighted by molar-refractivity contribution is 6.35. The number of benzene rings is 1. The lowest BCUT2D eigenvalue weighted by Crippen LogP contribution is -2.24. The van der Waals surface area contributed by atoms with Crippen molar-refractivity contribution in [3.05, 3.63) is 76.3 Å². The lowest BCUT2D eigenvalue weighted by molar-refractivity contribution is 0.0946. The van der Waals surface area contributed by atoms with Crippen LogP contribution in [0.3, 0.4) is 0 Å². The highest BCUT2D eigenvalue weighted by atomic mass is 35.5. The molecule has 0 saturated carbocycles. The van der Waals surface area contributed by atoms with E-state index in [1.165, 1.54) is 12.3 Å². The van der Waals surface area contributed by atoms with E-state index < -0.39 is 0 Å². The molecule has 2 N–H and O–H groups in total. The first-order chi connectivity index (χ1) is 12.1. The first kappa shape index (κ1) is 17.1. The van der Waals surface area contributed by atoms with Crippen LogP contribution in [-0.4, -0.2) is 20.9 Å². The fourth-order valence-electron chi connectivity index (χ4n) is 2.08. The van der Waals surface area contributed by atoms with Gasteiger partial charge in [0, 0.05) is 40.9 Å². The van der Waals surface area contributed by atoms with Gasteiger partial charge in [-0.2, -0.15) is 0 Å². The first-order valence-electron chi connectivity index (χ1n) is 7.33. The summed E-state index contributed by atoms with van der Waals surface area (Å²) in [6.45, 7) is 0.364. The number of carbonyl (C=O) groups excluding carboxylic acids is 1. The minimum absolute atomic E-state index is 0.245. The molecule has 0 unspecified atom stereocenters. The highest BCUT2D eigenvalue weighted by Gasteiger charge is 2.09. The van der Waals surface area contributed by atoms with E-state index in [0.29, 0.717) is 22.3 Å². The highest BCUT2D eigenvalue weighted by Crippen LogP contribution is 2.24. The lowest BCUT2D eigenvalue weighted by Gasteiger charge is -2.08. The van der Waals surface area contributed by atoms with Gasteiger partial charge in [0.2, 0.25) is 5.95 Å². The molecule has 0 atom stereocenters. The van der Waals surface area contributed by atoms with Crippen molar-refractivity contribution >= 4 is 40.7 Å². The van der Waals surface area contributed by atoms with Crippen molar-refractivity contribution in [2.75, 3.05) is 5.32 Å². The third-order valence-electron chi connectivity index (χ3n) is 3.18. The summed E-state index contributed by atoms with van der Waals surface area (Å²) >= 11 is 11.9. The van der Waals surface area contributed by atoms with Crippen LogP contribution in [0, 0.1) is 0 Å². The molecule has 0 aliphatic heterocycles. The predicted octanol–water partition coefficient (Wildman–Crippen LogP) is 3.85. The van der Waals surface area contributed by atoms with E-state index >= 15 is 0 Å². The Morgan fingerprint density at radius 3 is 2.60 bits per heavy atom. The molecule has 126 valence electrons. The maximum Gasteiger partial charge on any atom is 0.270 e. The Morgan fingerprint density at radius 1 is 1.08 bits per heavy atom. The molecule has 0 bridgehead atoms. The Hall–Kier alpha value is -2.70. The second-order valence-electron chi connectivity index (χ2n) is 5.09. The monoisotopic (exact) mass is 373 g/mol. The van der Waals surface area contributed by atoms with E-state index in [1.807, 2.05) is 12.1 Å². The zero-order chi connectivity index (χ0) is 17.6. The minimum atomic E-state index is -0.307. The zero-order valence-corrected chi connectivity index (χ0v) is 14.4. The number of anilines is 2. The summed E-state index contributed by atoms with van der Waals surface area (Å²) < 4.78 is 0. The van der Waals surface area contributed by atoms with Gasteiger partial charge in [0.15, 0.2) is 0 Å². The molecule has 1 aromatic carbocycles. The average Bonchev–Trinajstić information content (AvgIpc) is 2.60. The largest absolute Gasteiger partial charge is 0.347 e. The number of hydrogen-bond acceptors (Lipinski definition) is 5. The number of aromatic nitrogens is 3. The van der Waals surface area contributed by atoms with Crippen molar-refractivity contribution in [3.63, 3.8) is 0 Å². The molecule has 25 heavy (non-hydrogen) atoms. The number of nitrogens with zero attached hydrogens (tertiary/aromatic N) is 3. The van der Waals surface area contributed by atoms with Gasteiger partial charge in [-0.05, 0) is 35.9 Å². The number of pyridine rings is 1. The fraction of sp³-hybridized carbons (Fsp3) is 0.0588. The number of halogens is 2. The van der Waals surface area contributed by atoms with Gasteiger partial charge >= 0.3 is 0 Å². The number of rotatable bonds is 5. The van der Waals surface area contributed by atoms with Crippen LogP contribution in [0.5, 0.6) is 0 Å². The number of amides is 1. The van der Waals surface area contributed by atoms with Gasteiger partial charge in [0.1, 0.15) is 5.69 Å². The summed E-state index contributed by atoms with van der Waals surface area (Å²) in [5.74, 6) is -0.0363. The van der Waals surface area contributed by atoms with E-state index in [9.17, 15) is 4.79 Å². The van der Waals surface area contributed by atoms with E-state index in [-0.39, 0.29) is 17.5 Å². The molecule has 3 aromatic rings. The molecule has 0 spiro atoms. The minimum Gasteiger partial charge on any atom is -0.347 e. The molecule has 0 fully saturated rings. The molecule has 3 rings (SSSR count). The number of nitrogens with one attached hydrogen (secondary N) is 2. The summed E-state index contributed by atoms with van der Waals surface area (Å²) in [6, 6.07) is 10.2. The van der Waals surface area contributed by atoms with Gasteiger partial charge in [-0.1, -0.05) is 29.3 Å². The van der Waals surface area contributed by atoms with Crippen LogP contribution < -0.4 is 10.6 Å². The lowest BCUT2D eigenvalue weighted by atomic mass is 10.3. The van der Waals surface area contributed by atoms with Crippen molar-refractivity contribution in [2.45, 2.75) is 6.54 Å². The van der Waals surface area contributed by atoms with Gasteiger partial charge in [0.25, 0.3) is 5.91 Å². The molecule has 0 radical (unpaired) electrons. The molecule has 1 amide bonds. The van der Waals surface area contributed by atoms with Crippen LogP contribution in [0.4, 0.5) is 11.6 Å². The van der Waals surface area contributed by atoms with Crippen LogP contribution in [0.2, 0.25) is 10.0 Å². The van der Waals surface area contributed by atoms with Crippen molar-refractivity contribution in [1.82, 2.24) is 20.3 Å². The standard InChI is InChI=1S/C17H13Cl2N5O/c18-12-6-13(19)8-14(7-12)23-17-21-5-3-15(24-17)16(25)22-10-11-2-1-4-20-9-11/h1-9H,10H2,(H,22,25)(H,21,23,24). The van der Waals surface area contributed by atoms with Crippen molar-refractivity contribution in [2.24, 2.45) is 0 Å². The quantitative estimate of drug-likeness (QED) is 0.709. The fourth-order valence-corrected chi connectivity index (χ4v) is 2.60. The van der Waals surface area contributed by atoms with Crippen molar-refractivity contribution < 1.29 is 4.79 Å². The third kappa shape index (κ3) is 4.89. The maximum absolute atomic E-state index is 12.2. The Labute approximate surface area is 154 Å². The van der Waals surface area contributed by atoms with Gasteiger partial charge in [-0.3, -0.25) is 9.78 Å². The molecular formula is C17H13Cl2N5O. The predicted molar refractivity (Wildman–Crippen MR) is 97.2 cm³/mol. The van der Waals surface area contributed by atoms with Crippen LogP contribution in [-0.2, 0) is 6.54 Å². The molecular weight excluding hydrogens is 361 g/mol. The van der Waals surface area contributed by atoms with Gasteiger partial charge < -0.3 is 10.6 Å². The molecule has 8 heteroatoms. The molecule has 2 aromatic heterocycles. The van der Waals surface area contributed by atoms with Crippen LogP contribution in [0.25, 0.3) is 0 Å². The normalized spacial score (nSPS) is 10.3. The van der Waals surface area contributed by atoms with Gasteiger partial charge in [0.05, 0.1) is 0 Å². The van der Waals surface area contributed by atoms with Crippen molar-refractivity contribution in [3.8, 4) is 0 Å². The molecule has 2 heterocycles. The SMILES string of the molecule is O=C(NCc1cccnc1)c1ccnc(Nc2cc(Cl)cc(Cl)c2)n1. The molecule has 6 nitrogen and oxygen atoms in total. The number of hydrogen-bond donors (Lipinski definition) is 2. The summed E-state index contributed by atoms with van der Waals surface area (Å²) in [5, 5.41) is 6.73. The van der Waals surface area contributed by atoms with E-state index in [0.717, 1.165) is 5.56 Å². The van der Waals surface area contributed by atoms with Crippen LogP contribution >= 0.6 is 23.2 Å². The Morgan fingerprint density at radius 2 is 1.88 bits per heavy atom. The Kier molecular flexibility index (Phi) is 5.42. The van der Waals surface area contributed by atoms with E-state index in [4.69, 9.17) is 23.2 Å². The molecule has 0 saturated heterocycles. The van der Waals surface area contributed by atoms with Crippen molar-refractivity contribution in [1.29, 1.82) is 0 Å². The molecule has 0 aliphatic carbocycles. The third-order valence-corrected chi connectivity index (χ3v) is 3.62. The van der Waals surface area contributed by atoms with Gasteiger partial charge in [-0.15, -0.1) is 0 Å². The maximum atomic E-state index is 12.2. The van der Waals surface area contributed by atoms with Crippen LogP contribution in [0.15, 0.2) is 55.0 Å². The molecule has 0 aliphatic rings. The van der Waals surface area contributed by atoms with E-state index in [2.05, 4.69) is 25.6 Å². The topological polar surface area (TPSA) is 79.8 Å². The smallest absolute Gasteiger partial charge is 0.270 e. The van der Waals surface area contributed by atoms with Gasteiger partial charge in [-0.25, -0.2) is 9.97 Å². The summed E-state index contributed by atoms with van der Waals surface area (Å²) in [7, 11) is 0. The summed E-state index contributed by atoms with van der Waals surface area (Å²) in [5.41, 5.74) is 1.77. The number of carbonyl (C=O) groups is 1. The van der Waals surface area contributed by atoms with Crippen LogP contribution in [0.1, 0.15) is 16.1 Å². The Bertz CT molecular complexity index is 869. The average molecular weight is 374 g/mol. The summed E-state index contributed by atoms with van der Waals surface area (Å²) in [4.78, 5) is 24.5.